The molecule has 0 spiro atoms. The number of benzene rings is 1. The van der Waals surface area contributed by atoms with Crippen LogP contribution in [0.1, 0.15) is 30.0 Å². The van der Waals surface area contributed by atoms with Gasteiger partial charge in [-0.25, -0.2) is 4.39 Å². The number of hydrogen-bond acceptors (Lipinski definition) is 2. The van der Waals surface area contributed by atoms with Crippen LogP contribution < -0.4 is 5.32 Å². The lowest BCUT2D eigenvalue weighted by Gasteiger charge is -2.15. The van der Waals surface area contributed by atoms with Gasteiger partial charge in [0, 0.05) is 0 Å². The van der Waals surface area contributed by atoms with Crippen molar-refractivity contribution in [2.45, 2.75) is 26.3 Å². The predicted octanol–water partition coefficient (Wildman–Crippen LogP) is 3.62. The van der Waals surface area contributed by atoms with Gasteiger partial charge in [-0.3, -0.25) is 0 Å². The molecule has 1 unspecified atom stereocenters. The van der Waals surface area contributed by atoms with Gasteiger partial charge in [0.2, 0.25) is 0 Å². The van der Waals surface area contributed by atoms with Crippen molar-refractivity contribution in [3.8, 4) is 0 Å². The number of halogens is 1. The summed E-state index contributed by atoms with van der Waals surface area (Å²) in [5, 5.41) is 3.36. The fourth-order valence-corrected chi connectivity index (χ4v) is 2.06. The van der Waals surface area contributed by atoms with Gasteiger partial charge in [0.25, 0.3) is 0 Å². The highest BCUT2D eigenvalue weighted by molar-refractivity contribution is 5.20. The summed E-state index contributed by atoms with van der Waals surface area (Å²) in [4.78, 5) is 0. The van der Waals surface area contributed by atoms with Crippen molar-refractivity contribution in [1.29, 1.82) is 0 Å². The second-order valence-electron chi connectivity index (χ2n) is 4.39. The third-order valence-electron chi connectivity index (χ3n) is 2.88. The van der Waals surface area contributed by atoms with Gasteiger partial charge in [-0.05, 0) is 49.7 Å². The molecule has 0 bridgehead atoms. The van der Waals surface area contributed by atoms with Crippen LogP contribution >= 0.6 is 0 Å². The molecule has 96 valence electrons. The lowest BCUT2D eigenvalue weighted by molar-refractivity contribution is 0.403. The fraction of sp³-hybridized carbons (Fsp3) is 0.333. The molecule has 1 N–H and O–H groups in total. The Hall–Kier alpha value is -1.61. The van der Waals surface area contributed by atoms with Crippen molar-refractivity contribution in [2.75, 3.05) is 6.54 Å². The van der Waals surface area contributed by atoms with E-state index < -0.39 is 0 Å². The highest BCUT2D eigenvalue weighted by atomic mass is 19.1. The predicted molar refractivity (Wildman–Crippen MR) is 70.0 cm³/mol. The number of furan rings is 1. The van der Waals surface area contributed by atoms with Crippen LogP contribution in [0, 0.1) is 12.7 Å². The molecule has 0 saturated carbocycles. The third kappa shape index (κ3) is 3.20. The van der Waals surface area contributed by atoms with Crippen LogP contribution in [0.2, 0.25) is 0 Å². The van der Waals surface area contributed by atoms with Gasteiger partial charge in [0.05, 0.1) is 6.04 Å². The maximum absolute atomic E-state index is 13.2. The normalized spacial score (nSPS) is 12.6. The van der Waals surface area contributed by atoms with Crippen LogP contribution in [-0.4, -0.2) is 6.54 Å². The highest BCUT2D eigenvalue weighted by Gasteiger charge is 2.14. The van der Waals surface area contributed by atoms with Gasteiger partial charge in [-0.1, -0.05) is 19.1 Å². The molecule has 0 amide bonds. The molecule has 0 radical (unpaired) electrons. The zero-order valence-corrected chi connectivity index (χ0v) is 10.7. The Morgan fingerprint density at radius 3 is 2.72 bits per heavy atom. The van der Waals surface area contributed by atoms with E-state index in [0.29, 0.717) is 0 Å². The first-order chi connectivity index (χ1) is 8.69. The SMILES string of the molecule is CCNC(Cc1cccc(F)c1)c1ccc(C)o1. The molecule has 1 atom stereocenters. The zero-order chi connectivity index (χ0) is 13.0. The Balaban J connectivity index is 2.16. The zero-order valence-electron chi connectivity index (χ0n) is 10.7. The summed E-state index contributed by atoms with van der Waals surface area (Å²) < 4.78 is 18.8. The number of rotatable bonds is 5. The summed E-state index contributed by atoms with van der Waals surface area (Å²) in [6, 6.07) is 10.7. The van der Waals surface area contributed by atoms with Gasteiger partial charge in [0.1, 0.15) is 17.3 Å². The van der Waals surface area contributed by atoms with E-state index in [4.69, 9.17) is 4.42 Å². The van der Waals surface area contributed by atoms with Crippen molar-refractivity contribution in [2.24, 2.45) is 0 Å². The summed E-state index contributed by atoms with van der Waals surface area (Å²) in [6.07, 6.45) is 0.721. The van der Waals surface area contributed by atoms with Crippen LogP contribution in [0.4, 0.5) is 4.39 Å². The Kier molecular flexibility index (Phi) is 4.15. The maximum atomic E-state index is 13.2. The number of nitrogens with one attached hydrogen (secondary N) is 1. The van der Waals surface area contributed by atoms with E-state index in [-0.39, 0.29) is 11.9 Å². The molecule has 0 aliphatic carbocycles. The minimum Gasteiger partial charge on any atom is -0.465 e. The van der Waals surface area contributed by atoms with E-state index in [9.17, 15) is 4.39 Å². The largest absolute Gasteiger partial charge is 0.465 e. The van der Waals surface area contributed by atoms with E-state index >= 15 is 0 Å². The minimum absolute atomic E-state index is 0.0884. The molecule has 0 aliphatic rings. The molecule has 1 aromatic heterocycles. The second kappa shape index (κ2) is 5.83. The molecular formula is C15H18FNO. The average molecular weight is 247 g/mol. The van der Waals surface area contributed by atoms with Crippen molar-refractivity contribution < 1.29 is 8.81 Å². The van der Waals surface area contributed by atoms with Crippen molar-refractivity contribution in [1.82, 2.24) is 5.32 Å². The van der Waals surface area contributed by atoms with E-state index in [0.717, 1.165) is 30.0 Å². The topological polar surface area (TPSA) is 25.2 Å². The Morgan fingerprint density at radius 2 is 2.11 bits per heavy atom. The third-order valence-corrected chi connectivity index (χ3v) is 2.88. The molecule has 2 rings (SSSR count). The van der Waals surface area contributed by atoms with Gasteiger partial charge in [-0.2, -0.15) is 0 Å². The molecule has 2 nitrogen and oxygen atoms in total. The summed E-state index contributed by atoms with van der Waals surface area (Å²) in [5.41, 5.74) is 0.968. The summed E-state index contributed by atoms with van der Waals surface area (Å²) in [5.74, 6) is 1.60. The van der Waals surface area contributed by atoms with Crippen LogP contribution in [0.25, 0.3) is 0 Å². The maximum Gasteiger partial charge on any atom is 0.123 e. The van der Waals surface area contributed by atoms with Crippen molar-refractivity contribution in [3.05, 3.63) is 59.3 Å². The Labute approximate surface area is 107 Å². The summed E-state index contributed by atoms with van der Waals surface area (Å²) in [6.45, 7) is 4.82. The van der Waals surface area contributed by atoms with Gasteiger partial charge < -0.3 is 9.73 Å². The summed E-state index contributed by atoms with van der Waals surface area (Å²) >= 11 is 0. The first-order valence-electron chi connectivity index (χ1n) is 6.23. The monoisotopic (exact) mass is 247 g/mol. The van der Waals surface area contributed by atoms with Gasteiger partial charge >= 0.3 is 0 Å². The molecule has 0 fully saturated rings. The average Bonchev–Trinajstić information content (AvgIpc) is 2.75. The second-order valence-corrected chi connectivity index (χ2v) is 4.39. The number of likely N-dealkylation sites (N-methyl/N-ethyl adjacent to an activating group) is 1. The van der Waals surface area contributed by atoms with Crippen LogP contribution in [0.15, 0.2) is 40.8 Å². The van der Waals surface area contributed by atoms with Crippen LogP contribution in [-0.2, 0) is 6.42 Å². The molecule has 2 aromatic rings. The standard InChI is InChI=1S/C15H18FNO/c1-3-17-14(15-8-7-11(2)18-15)10-12-5-4-6-13(16)9-12/h4-9,14,17H,3,10H2,1-2H3. The first kappa shape index (κ1) is 12.8. The Morgan fingerprint density at radius 1 is 1.28 bits per heavy atom. The molecule has 3 heteroatoms. The molecule has 0 saturated heterocycles. The lowest BCUT2D eigenvalue weighted by atomic mass is 10.0. The molecule has 0 aliphatic heterocycles. The molecule has 1 heterocycles. The van der Waals surface area contributed by atoms with E-state index in [1.807, 2.05) is 32.0 Å². The van der Waals surface area contributed by atoms with E-state index in [1.54, 1.807) is 12.1 Å². The summed E-state index contributed by atoms with van der Waals surface area (Å²) in [7, 11) is 0. The fourth-order valence-electron chi connectivity index (χ4n) is 2.06. The van der Waals surface area contributed by atoms with Crippen LogP contribution in [0.5, 0.6) is 0 Å². The van der Waals surface area contributed by atoms with Gasteiger partial charge in [0.15, 0.2) is 0 Å². The number of aryl methyl sites for hydroxylation is 1. The minimum atomic E-state index is -0.196. The van der Waals surface area contributed by atoms with E-state index in [1.165, 1.54) is 6.07 Å². The van der Waals surface area contributed by atoms with Gasteiger partial charge in [-0.15, -0.1) is 0 Å². The first-order valence-corrected chi connectivity index (χ1v) is 6.23. The smallest absolute Gasteiger partial charge is 0.123 e. The molecular weight excluding hydrogens is 229 g/mol. The van der Waals surface area contributed by atoms with Crippen molar-refractivity contribution in [3.63, 3.8) is 0 Å². The van der Waals surface area contributed by atoms with Crippen molar-refractivity contribution >= 4 is 0 Å². The Bertz CT molecular complexity index is 507. The quantitative estimate of drug-likeness (QED) is 0.873. The molecule has 18 heavy (non-hydrogen) atoms. The number of hydrogen-bond donors (Lipinski definition) is 1. The van der Waals surface area contributed by atoms with Crippen LogP contribution in [0.3, 0.4) is 0 Å². The van der Waals surface area contributed by atoms with E-state index in [2.05, 4.69) is 5.32 Å². The highest BCUT2D eigenvalue weighted by Crippen LogP contribution is 2.21. The molecule has 1 aromatic carbocycles. The lowest BCUT2D eigenvalue weighted by Crippen LogP contribution is -2.22.